The minimum atomic E-state index is -0.392. The second-order valence-corrected chi connectivity index (χ2v) is 9.06. The summed E-state index contributed by atoms with van der Waals surface area (Å²) in [5.41, 5.74) is 2.45. The Morgan fingerprint density at radius 2 is 1.85 bits per heavy atom. The third-order valence-electron chi connectivity index (χ3n) is 5.14. The van der Waals surface area contributed by atoms with E-state index < -0.39 is 5.97 Å². The Morgan fingerprint density at radius 3 is 2.48 bits per heavy atom. The molecule has 0 saturated heterocycles. The molecule has 1 unspecified atom stereocenters. The third-order valence-corrected chi connectivity index (χ3v) is 6.31. The van der Waals surface area contributed by atoms with E-state index >= 15 is 0 Å². The summed E-state index contributed by atoms with van der Waals surface area (Å²) >= 11 is 1.49. The molecular weight excluding hydrogens is 360 g/mol. The Bertz CT molecular complexity index is 837. The summed E-state index contributed by atoms with van der Waals surface area (Å²) in [6, 6.07) is 8.86. The number of methoxy groups -OCH3 is 1. The smallest absolute Gasteiger partial charge is 0.341 e. The zero-order chi connectivity index (χ0) is 19.6. The predicted octanol–water partition coefficient (Wildman–Crippen LogP) is 5.33. The molecule has 0 radical (unpaired) electrons. The molecule has 0 spiro atoms. The van der Waals surface area contributed by atoms with E-state index in [9.17, 15) is 9.59 Å². The van der Waals surface area contributed by atoms with Gasteiger partial charge in [-0.1, -0.05) is 39.0 Å². The summed E-state index contributed by atoms with van der Waals surface area (Å²) in [4.78, 5) is 26.0. The molecule has 144 valence electrons. The maximum absolute atomic E-state index is 12.4. The largest absolute Gasteiger partial charge is 0.465 e. The summed E-state index contributed by atoms with van der Waals surface area (Å²) in [5, 5.41) is 6.21. The number of para-hydroxylation sites is 1. The Labute approximate surface area is 164 Å². The summed E-state index contributed by atoms with van der Waals surface area (Å²) < 4.78 is 4.99. The number of nitrogens with one attached hydrogen (secondary N) is 2. The maximum atomic E-state index is 12.4. The normalized spacial score (nSPS) is 16.4. The van der Waals surface area contributed by atoms with Crippen LogP contribution in [0.1, 0.15) is 48.0 Å². The van der Waals surface area contributed by atoms with Crippen LogP contribution in [0.4, 0.5) is 15.5 Å². The molecule has 0 saturated carbocycles. The van der Waals surface area contributed by atoms with E-state index in [0.717, 1.165) is 24.8 Å². The molecular formula is C21H26N2O3S. The number of carbonyl (C=O) groups is 2. The standard InChI is InChI=1S/C21H26N2O3S/c1-21(2,3)13-10-11-15-16(12-13)27-18(17(15)19(24)26-4)23-20(25)22-14-8-6-5-7-9-14/h5-9,13H,10-12H2,1-4H3,(H2,22,23,25). The van der Waals surface area contributed by atoms with Crippen LogP contribution in [-0.4, -0.2) is 19.1 Å². The van der Waals surface area contributed by atoms with E-state index in [2.05, 4.69) is 31.4 Å². The van der Waals surface area contributed by atoms with Gasteiger partial charge in [-0.2, -0.15) is 0 Å². The van der Waals surface area contributed by atoms with Crippen molar-refractivity contribution in [2.75, 3.05) is 17.7 Å². The molecule has 1 aromatic carbocycles. The average Bonchev–Trinajstić information content (AvgIpc) is 2.97. The van der Waals surface area contributed by atoms with E-state index in [-0.39, 0.29) is 11.4 Å². The summed E-state index contributed by atoms with van der Waals surface area (Å²) in [5.74, 6) is 0.164. The van der Waals surface area contributed by atoms with Crippen LogP contribution in [0.2, 0.25) is 0 Å². The first-order valence-corrected chi connectivity index (χ1v) is 9.97. The summed E-state index contributed by atoms with van der Waals surface area (Å²) in [6.07, 6.45) is 2.79. The van der Waals surface area contributed by atoms with Crippen molar-refractivity contribution in [3.63, 3.8) is 0 Å². The van der Waals surface area contributed by atoms with Gasteiger partial charge in [-0.15, -0.1) is 11.3 Å². The number of esters is 1. The number of benzene rings is 1. The molecule has 0 bridgehead atoms. The van der Waals surface area contributed by atoms with E-state index in [1.165, 1.54) is 23.3 Å². The number of fused-ring (bicyclic) bond motifs is 1. The zero-order valence-electron chi connectivity index (χ0n) is 16.2. The predicted molar refractivity (Wildman–Crippen MR) is 110 cm³/mol. The monoisotopic (exact) mass is 386 g/mol. The van der Waals surface area contributed by atoms with Gasteiger partial charge in [0, 0.05) is 10.6 Å². The number of amides is 2. The third kappa shape index (κ3) is 4.33. The lowest BCUT2D eigenvalue weighted by Crippen LogP contribution is -2.26. The molecule has 27 heavy (non-hydrogen) atoms. The van der Waals surface area contributed by atoms with Crippen LogP contribution in [-0.2, 0) is 17.6 Å². The number of ether oxygens (including phenoxy) is 1. The molecule has 1 heterocycles. The number of carbonyl (C=O) groups excluding carboxylic acids is 2. The number of rotatable bonds is 3. The first-order chi connectivity index (χ1) is 12.8. The molecule has 1 aliphatic carbocycles. The minimum Gasteiger partial charge on any atom is -0.465 e. The SMILES string of the molecule is COC(=O)c1c(NC(=O)Nc2ccccc2)sc2c1CCC(C(C)(C)C)C2. The number of hydrogen-bond donors (Lipinski definition) is 2. The van der Waals surface area contributed by atoms with Gasteiger partial charge in [-0.05, 0) is 48.3 Å². The Hall–Kier alpha value is -2.34. The quantitative estimate of drug-likeness (QED) is 0.701. The van der Waals surface area contributed by atoms with Crippen LogP contribution in [0.5, 0.6) is 0 Å². The van der Waals surface area contributed by atoms with Gasteiger partial charge in [-0.3, -0.25) is 5.32 Å². The van der Waals surface area contributed by atoms with Crippen LogP contribution in [0.3, 0.4) is 0 Å². The molecule has 0 fully saturated rings. The Morgan fingerprint density at radius 1 is 1.15 bits per heavy atom. The fourth-order valence-electron chi connectivity index (χ4n) is 3.52. The fourth-order valence-corrected chi connectivity index (χ4v) is 4.83. The number of urea groups is 1. The summed E-state index contributed by atoms with van der Waals surface area (Å²) in [7, 11) is 1.38. The Kier molecular flexibility index (Phi) is 5.56. The van der Waals surface area contributed by atoms with Crippen molar-refractivity contribution in [3.8, 4) is 0 Å². The van der Waals surface area contributed by atoms with Gasteiger partial charge in [0.05, 0.1) is 12.7 Å². The van der Waals surface area contributed by atoms with Gasteiger partial charge in [-0.25, -0.2) is 9.59 Å². The van der Waals surface area contributed by atoms with E-state index in [1.807, 2.05) is 30.3 Å². The molecule has 3 rings (SSSR count). The van der Waals surface area contributed by atoms with E-state index in [1.54, 1.807) is 0 Å². The van der Waals surface area contributed by atoms with Crippen LogP contribution < -0.4 is 10.6 Å². The second-order valence-electron chi connectivity index (χ2n) is 7.95. The molecule has 2 aromatic rings. The van der Waals surface area contributed by atoms with Crippen molar-refractivity contribution in [2.24, 2.45) is 11.3 Å². The van der Waals surface area contributed by atoms with Crippen molar-refractivity contribution in [3.05, 3.63) is 46.3 Å². The van der Waals surface area contributed by atoms with Gasteiger partial charge in [0.15, 0.2) is 0 Å². The first kappa shape index (κ1) is 19.4. The highest BCUT2D eigenvalue weighted by atomic mass is 32.1. The van der Waals surface area contributed by atoms with Crippen molar-refractivity contribution >= 4 is 34.0 Å². The second kappa shape index (κ2) is 7.72. The highest BCUT2D eigenvalue weighted by Crippen LogP contribution is 2.44. The maximum Gasteiger partial charge on any atom is 0.341 e. The molecule has 2 N–H and O–H groups in total. The highest BCUT2D eigenvalue weighted by Gasteiger charge is 2.34. The number of hydrogen-bond acceptors (Lipinski definition) is 4. The van der Waals surface area contributed by atoms with Gasteiger partial charge < -0.3 is 10.1 Å². The molecule has 1 aromatic heterocycles. The van der Waals surface area contributed by atoms with Crippen molar-refractivity contribution in [2.45, 2.75) is 40.0 Å². The minimum absolute atomic E-state index is 0.214. The molecule has 0 aliphatic heterocycles. The van der Waals surface area contributed by atoms with Crippen LogP contribution >= 0.6 is 11.3 Å². The van der Waals surface area contributed by atoms with Gasteiger partial charge in [0.1, 0.15) is 5.00 Å². The molecule has 1 atom stereocenters. The van der Waals surface area contributed by atoms with Crippen molar-refractivity contribution in [1.82, 2.24) is 0 Å². The Balaban J connectivity index is 1.85. The highest BCUT2D eigenvalue weighted by molar-refractivity contribution is 7.17. The van der Waals surface area contributed by atoms with Crippen LogP contribution in [0.15, 0.2) is 30.3 Å². The molecule has 1 aliphatic rings. The van der Waals surface area contributed by atoms with Crippen LogP contribution in [0, 0.1) is 11.3 Å². The molecule has 5 nitrogen and oxygen atoms in total. The van der Waals surface area contributed by atoms with Gasteiger partial charge in [0.25, 0.3) is 0 Å². The zero-order valence-corrected chi connectivity index (χ0v) is 17.0. The first-order valence-electron chi connectivity index (χ1n) is 9.15. The van der Waals surface area contributed by atoms with Gasteiger partial charge >= 0.3 is 12.0 Å². The van der Waals surface area contributed by atoms with E-state index in [0.29, 0.717) is 22.2 Å². The average molecular weight is 387 g/mol. The van der Waals surface area contributed by atoms with E-state index in [4.69, 9.17) is 4.74 Å². The lowest BCUT2D eigenvalue weighted by molar-refractivity contribution is 0.0600. The van der Waals surface area contributed by atoms with Crippen molar-refractivity contribution in [1.29, 1.82) is 0 Å². The lowest BCUT2D eigenvalue weighted by Gasteiger charge is -2.33. The molecule has 6 heteroatoms. The van der Waals surface area contributed by atoms with Crippen molar-refractivity contribution < 1.29 is 14.3 Å². The number of thiophene rings is 1. The topological polar surface area (TPSA) is 67.4 Å². The summed E-state index contributed by atoms with van der Waals surface area (Å²) in [6.45, 7) is 6.76. The van der Waals surface area contributed by atoms with Crippen LogP contribution in [0.25, 0.3) is 0 Å². The molecule has 2 amide bonds. The number of anilines is 2. The lowest BCUT2D eigenvalue weighted by atomic mass is 9.72. The fraction of sp³-hybridized carbons (Fsp3) is 0.429. The van der Waals surface area contributed by atoms with Gasteiger partial charge in [0.2, 0.25) is 0 Å².